The monoisotopic (exact) mass is 688 g/mol. The van der Waals surface area contributed by atoms with E-state index in [0.29, 0.717) is 49.0 Å². The predicted octanol–water partition coefficient (Wildman–Crippen LogP) is 2.40. The second-order valence-electron chi connectivity index (χ2n) is 13.0. The van der Waals surface area contributed by atoms with E-state index in [4.69, 9.17) is 0 Å². The molecule has 3 N–H and O–H groups in total. The lowest BCUT2D eigenvalue weighted by atomic mass is 10.1. The summed E-state index contributed by atoms with van der Waals surface area (Å²) in [5.74, 6) is -0.336. The minimum atomic E-state index is -0.470. The molecule has 1 atom stereocenters. The van der Waals surface area contributed by atoms with Gasteiger partial charge in [-0.1, -0.05) is 12.1 Å². The number of anilines is 3. The number of nitrogens with zero attached hydrogens (tertiary/aromatic N) is 9. The highest BCUT2D eigenvalue weighted by molar-refractivity contribution is 6.05. The van der Waals surface area contributed by atoms with Gasteiger partial charge in [-0.2, -0.15) is 5.10 Å². The van der Waals surface area contributed by atoms with Crippen LogP contribution in [0.15, 0.2) is 67.3 Å². The predicted molar refractivity (Wildman–Crippen MR) is 188 cm³/mol. The van der Waals surface area contributed by atoms with E-state index in [1.807, 2.05) is 17.6 Å². The molecule has 0 unspecified atom stereocenters. The van der Waals surface area contributed by atoms with Gasteiger partial charge in [-0.3, -0.25) is 39.2 Å². The van der Waals surface area contributed by atoms with E-state index >= 15 is 0 Å². The van der Waals surface area contributed by atoms with E-state index in [0.717, 1.165) is 48.5 Å². The fourth-order valence-corrected chi connectivity index (χ4v) is 6.72. The molecule has 16 heteroatoms. The Balaban J connectivity index is 0.825. The molecule has 8 rings (SSSR count). The van der Waals surface area contributed by atoms with Crippen LogP contribution in [-0.2, 0) is 17.9 Å². The Morgan fingerprint density at radius 2 is 1.76 bits per heavy atom. The average Bonchev–Trinajstić information content (AvgIpc) is 3.75. The van der Waals surface area contributed by atoms with Crippen LogP contribution in [0.2, 0.25) is 0 Å². The molecule has 2 fully saturated rings. The molecule has 0 radical (unpaired) electrons. The van der Waals surface area contributed by atoms with Gasteiger partial charge in [0, 0.05) is 69.5 Å². The molecule has 51 heavy (non-hydrogen) atoms. The molecule has 0 bridgehead atoms. The Hall–Kier alpha value is -6.16. The third-order valence-electron chi connectivity index (χ3n) is 9.47. The quantitative estimate of drug-likeness (QED) is 0.220. The van der Waals surface area contributed by atoms with Gasteiger partial charge in [-0.05, 0) is 42.8 Å². The fourth-order valence-electron chi connectivity index (χ4n) is 6.72. The normalized spacial score (nSPS) is 18.1. The number of urea groups is 1. The van der Waals surface area contributed by atoms with Crippen molar-refractivity contribution in [3.05, 3.63) is 89.9 Å². The van der Waals surface area contributed by atoms with E-state index in [-0.39, 0.29) is 35.9 Å². The van der Waals surface area contributed by atoms with Gasteiger partial charge in [0.25, 0.3) is 11.8 Å². The summed E-state index contributed by atoms with van der Waals surface area (Å²) in [6, 6.07) is 13.3. The molecule has 260 valence electrons. The summed E-state index contributed by atoms with van der Waals surface area (Å²) in [5.41, 5.74) is 5.05. The summed E-state index contributed by atoms with van der Waals surface area (Å²) < 4.78 is 3.67. The molecule has 16 nitrogen and oxygen atoms in total. The summed E-state index contributed by atoms with van der Waals surface area (Å²) in [4.78, 5) is 68.6. The van der Waals surface area contributed by atoms with Crippen LogP contribution in [0, 0.1) is 0 Å². The lowest BCUT2D eigenvalue weighted by molar-refractivity contribution is -0.120. The number of hydrogen-bond acceptors (Lipinski definition) is 10. The van der Waals surface area contributed by atoms with Crippen molar-refractivity contribution in [2.45, 2.75) is 32.5 Å². The SMILES string of the molecule is C[C@@H]1CNC(=O)c2cc3ccc(C(=O)Nc4cnn(Cc5ccc(N6CCN(Cc7cnc(N8CCC(=O)NC8=O)cn7)CC6)cc5)c4)nc3n21. The maximum atomic E-state index is 13.1. The minimum Gasteiger partial charge on any atom is -0.369 e. The second-order valence-corrected chi connectivity index (χ2v) is 13.0. The van der Waals surface area contributed by atoms with Crippen LogP contribution >= 0.6 is 0 Å². The zero-order valence-electron chi connectivity index (χ0n) is 28.0. The Bertz CT molecular complexity index is 2130. The van der Waals surface area contributed by atoms with Gasteiger partial charge in [0.1, 0.15) is 17.0 Å². The smallest absolute Gasteiger partial charge is 0.329 e. The third kappa shape index (κ3) is 6.60. The Morgan fingerprint density at radius 1 is 0.941 bits per heavy atom. The fraction of sp³-hybridized carbons (Fsp3) is 0.314. The van der Waals surface area contributed by atoms with Crippen molar-refractivity contribution < 1.29 is 19.2 Å². The minimum absolute atomic E-state index is 0.0322. The van der Waals surface area contributed by atoms with Crippen molar-refractivity contribution >= 4 is 52.0 Å². The van der Waals surface area contributed by atoms with Gasteiger partial charge < -0.3 is 20.1 Å². The number of aromatic nitrogens is 6. The number of pyridine rings is 1. The molecule has 5 aromatic rings. The number of carbonyl (C=O) groups is 4. The maximum absolute atomic E-state index is 13.1. The van der Waals surface area contributed by atoms with E-state index in [1.54, 1.807) is 41.6 Å². The molecule has 3 aliphatic heterocycles. The van der Waals surface area contributed by atoms with Gasteiger partial charge >= 0.3 is 6.03 Å². The van der Waals surface area contributed by atoms with Gasteiger partial charge in [0.05, 0.1) is 42.6 Å². The van der Waals surface area contributed by atoms with Crippen LogP contribution in [0.25, 0.3) is 11.0 Å². The van der Waals surface area contributed by atoms with Crippen molar-refractivity contribution in [1.82, 2.24) is 44.8 Å². The number of amides is 5. The van der Waals surface area contributed by atoms with E-state index in [1.165, 1.54) is 4.90 Å². The maximum Gasteiger partial charge on any atom is 0.329 e. The van der Waals surface area contributed by atoms with Gasteiger partial charge in [-0.15, -0.1) is 0 Å². The van der Waals surface area contributed by atoms with Crippen LogP contribution in [0.1, 0.15) is 51.6 Å². The second kappa shape index (κ2) is 13.3. The lowest BCUT2D eigenvalue weighted by Crippen LogP contribution is -2.50. The lowest BCUT2D eigenvalue weighted by Gasteiger charge is -2.36. The van der Waals surface area contributed by atoms with Crippen LogP contribution < -0.4 is 25.8 Å². The van der Waals surface area contributed by atoms with Crippen molar-refractivity contribution in [3.63, 3.8) is 0 Å². The van der Waals surface area contributed by atoms with E-state index in [9.17, 15) is 19.2 Å². The molecule has 0 spiro atoms. The van der Waals surface area contributed by atoms with E-state index < -0.39 is 6.03 Å². The molecule has 5 amide bonds. The van der Waals surface area contributed by atoms with Gasteiger partial charge in [0.15, 0.2) is 5.82 Å². The van der Waals surface area contributed by atoms with Gasteiger partial charge in [-0.25, -0.2) is 14.8 Å². The number of fused-ring (bicyclic) bond motifs is 3. The summed E-state index contributed by atoms with van der Waals surface area (Å²) in [6.07, 6.45) is 6.93. The number of rotatable bonds is 8. The zero-order chi connectivity index (χ0) is 35.1. The summed E-state index contributed by atoms with van der Waals surface area (Å²) >= 11 is 0. The van der Waals surface area contributed by atoms with Crippen LogP contribution in [-0.4, -0.2) is 97.2 Å². The van der Waals surface area contributed by atoms with E-state index in [2.05, 4.69) is 70.1 Å². The first-order valence-electron chi connectivity index (χ1n) is 16.9. The number of carbonyl (C=O) groups excluding carboxylic acids is 4. The van der Waals surface area contributed by atoms with Crippen molar-refractivity contribution in [2.24, 2.45) is 0 Å². The Kier molecular flexibility index (Phi) is 8.35. The first kappa shape index (κ1) is 32.1. The van der Waals surface area contributed by atoms with Crippen LogP contribution in [0.4, 0.5) is 22.0 Å². The Morgan fingerprint density at radius 3 is 2.53 bits per heavy atom. The molecule has 7 heterocycles. The average molecular weight is 689 g/mol. The Labute approximate surface area is 292 Å². The molecule has 1 aromatic carbocycles. The highest BCUT2D eigenvalue weighted by Gasteiger charge is 2.27. The van der Waals surface area contributed by atoms with Crippen LogP contribution in [0.3, 0.4) is 0 Å². The number of hydrogen-bond donors (Lipinski definition) is 3. The number of piperazine rings is 1. The number of imide groups is 1. The van der Waals surface area contributed by atoms with Crippen molar-refractivity contribution in [3.8, 4) is 0 Å². The molecule has 2 saturated heterocycles. The third-order valence-corrected chi connectivity index (χ3v) is 9.47. The number of benzene rings is 1. The molecule has 3 aliphatic rings. The standard InChI is InChI=1S/C35H36N12O4/c1-22-15-38-34(50)29-14-24-4-7-28(41-32(24)47(22)29)33(49)40-26-17-39-45(21-26)19-23-2-5-27(6-3-23)44-12-10-43(11-13-44)20-25-16-37-30(18-36-25)46-9-8-31(48)42-35(46)51/h2-7,14,16-18,21-22H,8-13,15,19-20H2,1H3,(H,38,50)(H,40,49)(H,42,48,51)/t22-/m1/s1. The molecule has 0 saturated carbocycles. The highest BCUT2D eigenvalue weighted by atomic mass is 16.2. The summed E-state index contributed by atoms with van der Waals surface area (Å²) in [5, 5.41) is 13.3. The molecular formula is C35H36N12O4. The topological polar surface area (TPSA) is 176 Å². The molecule has 0 aliphatic carbocycles. The summed E-state index contributed by atoms with van der Waals surface area (Å²) in [7, 11) is 0. The zero-order valence-corrected chi connectivity index (χ0v) is 28.0. The highest BCUT2D eigenvalue weighted by Crippen LogP contribution is 2.26. The first-order chi connectivity index (χ1) is 24.8. The molecule has 4 aromatic heterocycles. The molecular weight excluding hydrogens is 652 g/mol. The number of nitrogens with one attached hydrogen (secondary N) is 3. The van der Waals surface area contributed by atoms with Gasteiger partial charge in [0.2, 0.25) is 5.91 Å². The summed E-state index contributed by atoms with van der Waals surface area (Å²) in [6.45, 7) is 7.51. The van der Waals surface area contributed by atoms with Crippen LogP contribution in [0.5, 0.6) is 0 Å². The first-order valence-corrected chi connectivity index (χ1v) is 16.9. The van der Waals surface area contributed by atoms with Crippen molar-refractivity contribution in [1.29, 1.82) is 0 Å². The largest absolute Gasteiger partial charge is 0.369 e. The van der Waals surface area contributed by atoms with Crippen molar-refractivity contribution in [2.75, 3.05) is 54.4 Å².